The Morgan fingerprint density at radius 3 is 3.21 bits per heavy atom. The molecule has 0 spiro atoms. The van der Waals surface area contributed by atoms with Crippen molar-refractivity contribution in [3.63, 3.8) is 0 Å². The summed E-state index contributed by atoms with van der Waals surface area (Å²) in [6.45, 7) is 3.30. The number of nitrogens with one attached hydrogen (secondary N) is 1. The molecule has 1 aliphatic heterocycles. The molecule has 3 nitrogen and oxygen atoms in total. The topological polar surface area (TPSA) is 28.4 Å². The van der Waals surface area contributed by atoms with Crippen molar-refractivity contribution in [2.24, 2.45) is 0 Å². The lowest BCUT2D eigenvalue weighted by molar-refractivity contribution is 0.292. The molecule has 0 aromatic carbocycles. The zero-order valence-electron chi connectivity index (χ0n) is 8.70. The van der Waals surface area contributed by atoms with Crippen LogP contribution in [0, 0.1) is 0 Å². The van der Waals surface area contributed by atoms with Crippen molar-refractivity contribution in [2.45, 2.75) is 25.4 Å². The summed E-state index contributed by atoms with van der Waals surface area (Å²) in [5, 5.41) is 3.50. The first kappa shape index (κ1) is 9.74. The van der Waals surface area contributed by atoms with E-state index in [0.29, 0.717) is 6.04 Å². The van der Waals surface area contributed by atoms with Crippen molar-refractivity contribution in [1.82, 2.24) is 10.2 Å². The van der Waals surface area contributed by atoms with E-state index in [-0.39, 0.29) is 0 Å². The zero-order chi connectivity index (χ0) is 9.80. The van der Waals surface area contributed by atoms with Crippen LogP contribution in [-0.2, 0) is 6.54 Å². The van der Waals surface area contributed by atoms with Gasteiger partial charge in [-0.05, 0) is 32.5 Å². The number of likely N-dealkylation sites (N-methyl/N-ethyl adjacent to an activating group) is 1. The molecule has 78 valence electrons. The van der Waals surface area contributed by atoms with Crippen LogP contribution < -0.4 is 5.32 Å². The number of rotatable bonds is 4. The molecule has 2 heterocycles. The van der Waals surface area contributed by atoms with Crippen LogP contribution in [-0.4, -0.2) is 31.1 Å². The third-order valence-corrected chi connectivity index (χ3v) is 2.73. The van der Waals surface area contributed by atoms with Gasteiger partial charge < -0.3 is 14.6 Å². The summed E-state index contributed by atoms with van der Waals surface area (Å²) in [4.78, 5) is 2.34. The van der Waals surface area contributed by atoms with Gasteiger partial charge in [0.25, 0.3) is 0 Å². The lowest BCUT2D eigenvalue weighted by Gasteiger charge is -2.20. The predicted octanol–water partition coefficient (Wildman–Crippen LogP) is 1.46. The molecule has 14 heavy (non-hydrogen) atoms. The number of furan rings is 1. The highest BCUT2D eigenvalue weighted by Crippen LogP contribution is 2.09. The van der Waals surface area contributed by atoms with Crippen molar-refractivity contribution >= 4 is 0 Å². The standard InChI is InChI=1S/C11H18N2O/c1-13(7-10-4-6-14-9-10)8-11-3-2-5-12-11/h4,6,9,11-12H,2-3,5,7-8H2,1H3. The summed E-state index contributed by atoms with van der Waals surface area (Å²) in [6.07, 6.45) is 6.19. The first-order chi connectivity index (χ1) is 6.84. The molecule has 1 N–H and O–H groups in total. The van der Waals surface area contributed by atoms with Gasteiger partial charge in [-0.25, -0.2) is 0 Å². The Morgan fingerprint density at radius 1 is 1.64 bits per heavy atom. The van der Waals surface area contributed by atoms with E-state index < -0.39 is 0 Å². The van der Waals surface area contributed by atoms with Crippen LogP contribution in [0.3, 0.4) is 0 Å². The molecule has 1 fully saturated rings. The van der Waals surface area contributed by atoms with Gasteiger partial charge in [-0.15, -0.1) is 0 Å². The van der Waals surface area contributed by atoms with E-state index in [1.54, 1.807) is 6.26 Å². The fourth-order valence-corrected chi connectivity index (χ4v) is 2.05. The lowest BCUT2D eigenvalue weighted by atomic mass is 10.2. The summed E-state index contributed by atoms with van der Waals surface area (Å²) in [6, 6.07) is 2.71. The molecule has 0 radical (unpaired) electrons. The minimum atomic E-state index is 0.687. The van der Waals surface area contributed by atoms with Crippen LogP contribution in [0.5, 0.6) is 0 Å². The van der Waals surface area contributed by atoms with Gasteiger partial charge >= 0.3 is 0 Å². The Balaban J connectivity index is 1.75. The molecule has 1 aromatic heterocycles. The molecule has 0 saturated carbocycles. The van der Waals surface area contributed by atoms with Crippen molar-refractivity contribution < 1.29 is 4.42 Å². The third-order valence-electron chi connectivity index (χ3n) is 2.73. The first-order valence-electron chi connectivity index (χ1n) is 5.27. The van der Waals surface area contributed by atoms with E-state index in [0.717, 1.165) is 13.1 Å². The smallest absolute Gasteiger partial charge is 0.0947 e. The number of nitrogens with zero attached hydrogens (tertiary/aromatic N) is 1. The highest BCUT2D eigenvalue weighted by molar-refractivity contribution is 5.04. The summed E-state index contributed by atoms with van der Waals surface area (Å²) in [5.74, 6) is 0. The van der Waals surface area contributed by atoms with E-state index in [1.807, 2.05) is 12.3 Å². The van der Waals surface area contributed by atoms with Crippen LogP contribution in [0.1, 0.15) is 18.4 Å². The van der Waals surface area contributed by atoms with E-state index >= 15 is 0 Å². The first-order valence-corrected chi connectivity index (χ1v) is 5.27. The maximum absolute atomic E-state index is 5.04. The van der Waals surface area contributed by atoms with Crippen LogP contribution in [0.15, 0.2) is 23.0 Å². The van der Waals surface area contributed by atoms with Crippen molar-refractivity contribution in [3.05, 3.63) is 24.2 Å². The van der Waals surface area contributed by atoms with Gasteiger partial charge in [0, 0.05) is 24.7 Å². The minimum absolute atomic E-state index is 0.687. The third kappa shape index (κ3) is 2.59. The monoisotopic (exact) mass is 194 g/mol. The summed E-state index contributed by atoms with van der Waals surface area (Å²) in [5.41, 5.74) is 1.26. The van der Waals surface area contributed by atoms with Crippen LogP contribution in [0.25, 0.3) is 0 Å². The van der Waals surface area contributed by atoms with E-state index in [2.05, 4.69) is 17.3 Å². The lowest BCUT2D eigenvalue weighted by Crippen LogP contribution is -2.34. The predicted molar refractivity (Wildman–Crippen MR) is 56.1 cm³/mol. The molecule has 0 aliphatic carbocycles. The largest absolute Gasteiger partial charge is 0.472 e. The number of hydrogen-bond acceptors (Lipinski definition) is 3. The molecule has 0 bridgehead atoms. The van der Waals surface area contributed by atoms with Gasteiger partial charge in [0.15, 0.2) is 0 Å². The Bertz CT molecular complexity index is 252. The average Bonchev–Trinajstić information content (AvgIpc) is 2.76. The molecule has 1 unspecified atom stereocenters. The van der Waals surface area contributed by atoms with E-state index in [4.69, 9.17) is 4.42 Å². The highest BCUT2D eigenvalue weighted by Gasteiger charge is 2.15. The van der Waals surface area contributed by atoms with E-state index in [9.17, 15) is 0 Å². The summed E-state index contributed by atoms with van der Waals surface area (Å²) >= 11 is 0. The fraction of sp³-hybridized carbons (Fsp3) is 0.636. The number of hydrogen-bond donors (Lipinski definition) is 1. The normalized spacial score (nSPS) is 22.0. The van der Waals surface area contributed by atoms with Gasteiger partial charge in [0.2, 0.25) is 0 Å². The average molecular weight is 194 g/mol. The Labute approximate surface area is 85.1 Å². The van der Waals surface area contributed by atoms with Gasteiger partial charge in [-0.3, -0.25) is 0 Å². The Kier molecular flexibility index (Phi) is 3.22. The van der Waals surface area contributed by atoms with Crippen molar-refractivity contribution in [1.29, 1.82) is 0 Å². The molecule has 1 atom stereocenters. The maximum atomic E-state index is 5.04. The minimum Gasteiger partial charge on any atom is -0.472 e. The van der Waals surface area contributed by atoms with Gasteiger partial charge in [0.1, 0.15) is 0 Å². The van der Waals surface area contributed by atoms with E-state index in [1.165, 1.54) is 24.9 Å². The van der Waals surface area contributed by atoms with Crippen LogP contribution >= 0.6 is 0 Å². The van der Waals surface area contributed by atoms with Crippen LogP contribution in [0.4, 0.5) is 0 Å². The summed E-state index contributed by atoms with van der Waals surface area (Å²) in [7, 11) is 2.16. The summed E-state index contributed by atoms with van der Waals surface area (Å²) < 4.78 is 5.04. The molecule has 1 saturated heterocycles. The molecule has 2 rings (SSSR count). The quantitative estimate of drug-likeness (QED) is 0.786. The second-order valence-corrected chi connectivity index (χ2v) is 4.12. The van der Waals surface area contributed by atoms with Gasteiger partial charge in [-0.1, -0.05) is 0 Å². The molecular formula is C11H18N2O. The van der Waals surface area contributed by atoms with Crippen molar-refractivity contribution in [3.8, 4) is 0 Å². The second kappa shape index (κ2) is 4.62. The fourth-order valence-electron chi connectivity index (χ4n) is 2.05. The van der Waals surface area contributed by atoms with Crippen molar-refractivity contribution in [2.75, 3.05) is 20.1 Å². The second-order valence-electron chi connectivity index (χ2n) is 4.12. The molecule has 0 amide bonds. The molecule has 1 aliphatic rings. The van der Waals surface area contributed by atoms with Crippen LogP contribution in [0.2, 0.25) is 0 Å². The molecular weight excluding hydrogens is 176 g/mol. The highest BCUT2D eigenvalue weighted by atomic mass is 16.3. The Morgan fingerprint density at radius 2 is 2.57 bits per heavy atom. The van der Waals surface area contributed by atoms with Gasteiger partial charge in [0.05, 0.1) is 12.5 Å². The Hall–Kier alpha value is -0.800. The molecule has 1 aromatic rings. The van der Waals surface area contributed by atoms with Gasteiger partial charge in [-0.2, -0.15) is 0 Å². The zero-order valence-corrected chi connectivity index (χ0v) is 8.70. The maximum Gasteiger partial charge on any atom is 0.0947 e. The molecule has 3 heteroatoms. The SMILES string of the molecule is CN(Cc1ccoc1)CC1CCCN1.